The highest BCUT2D eigenvalue weighted by molar-refractivity contribution is 9.10. The Hall–Kier alpha value is -0.660. The number of nitrogen functional groups attached to an aromatic ring is 1. The lowest BCUT2D eigenvalue weighted by molar-refractivity contribution is 0.596. The van der Waals surface area contributed by atoms with Crippen molar-refractivity contribution >= 4 is 31.8 Å². The van der Waals surface area contributed by atoms with Crippen molar-refractivity contribution in [3.63, 3.8) is 0 Å². The fourth-order valence-corrected chi connectivity index (χ4v) is 3.45. The molecule has 0 aromatic carbocycles. The van der Waals surface area contributed by atoms with E-state index in [1.54, 1.807) is 0 Å². The van der Waals surface area contributed by atoms with Crippen LogP contribution in [0.1, 0.15) is 25.1 Å². The van der Waals surface area contributed by atoms with Crippen LogP contribution >= 0.6 is 15.9 Å². The van der Waals surface area contributed by atoms with Crippen molar-refractivity contribution in [2.24, 2.45) is 5.14 Å². The van der Waals surface area contributed by atoms with Crippen molar-refractivity contribution in [3.8, 4) is 0 Å². The van der Waals surface area contributed by atoms with Crippen LogP contribution in [-0.2, 0) is 22.9 Å². The zero-order valence-corrected chi connectivity index (χ0v) is 11.5. The van der Waals surface area contributed by atoms with Crippen LogP contribution in [0.2, 0.25) is 0 Å². The molecule has 1 rings (SSSR count). The molecule has 0 aliphatic heterocycles. The number of pyridine rings is 1. The Morgan fingerprint density at radius 1 is 1.31 bits per heavy atom. The first-order chi connectivity index (χ1) is 7.32. The Bertz CT molecular complexity index is 514. The lowest BCUT2D eigenvalue weighted by Crippen LogP contribution is -2.19. The van der Waals surface area contributed by atoms with Gasteiger partial charge in [-0.2, -0.15) is 0 Å². The SMILES string of the molecule is CCc1nc(N)c(S(N)(=O)=O)c(CC)c1Br. The second kappa shape index (κ2) is 4.68. The number of halogens is 1. The molecule has 0 saturated heterocycles. The Morgan fingerprint density at radius 3 is 2.25 bits per heavy atom. The van der Waals surface area contributed by atoms with Crippen LogP contribution in [0.25, 0.3) is 0 Å². The van der Waals surface area contributed by atoms with E-state index in [9.17, 15) is 8.42 Å². The summed E-state index contributed by atoms with van der Waals surface area (Å²) in [6, 6.07) is 0. The van der Waals surface area contributed by atoms with Gasteiger partial charge in [0.1, 0.15) is 10.7 Å². The monoisotopic (exact) mass is 307 g/mol. The Balaban J connectivity index is 3.69. The van der Waals surface area contributed by atoms with E-state index < -0.39 is 10.0 Å². The van der Waals surface area contributed by atoms with Gasteiger partial charge in [-0.15, -0.1) is 0 Å². The molecule has 0 amide bonds. The van der Waals surface area contributed by atoms with E-state index in [-0.39, 0.29) is 10.7 Å². The molecule has 0 aliphatic carbocycles. The van der Waals surface area contributed by atoms with Crippen LogP contribution < -0.4 is 10.9 Å². The van der Waals surface area contributed by atoms with Crippen molar-refractivity contribution in [1.82, 2.24) is 4.98 Å². The fourth-order valence-electron chi connectivity index (χ4n) is 1.54. The van der Waals surface area contributed by atoms with Crippen LogP contribution in [-0.4, -0.2) is 13.4 Å². The smallest absolute Gasteiger partial charge is 0.242 e. The Morgan fingerprint density at radius 2 is 1.88 bits per heavy atom. The molecule has 0 unspecified atom stereocenters. The summed E-state index contributed by atoms with van der Waals surface area (Å²) in [5.74, 6) is -0.0283. The Labute approximate surface area is 103 Å². The largest absolute Gasteiger partial charge is 0.383 e. The second-order valence-corrected chi connectivity index (χ2v) is 5.61. The molecule has 0 aliphatic rings. The highest BCUT2D eigenvalue weighted by Gasteiger charge is 2.22. The molecule has 5 nitrogen and oxygen atoms in total. The van der Waals surface area contributed by atoms with Crippen molar-refractivity contribution in [1.29, 1.82) is 0 Å². The van der Waals surface area contributed by atoms with Crippen molar-refractivity contribution < 1.29 is 8.42 Å². The van der Waals surface area contributed by atoms with Gasteiger partial charge in [0.2, 0.25) is 10.0 Å². The topological polar surface area (TPSA) is 99.1 Å². The molecule has 1 aromatic rings. The number of nitrogens with zero attached hydrogens (tertiary/aromatic N) is 1. The van der Waals surface area contributed by atoms with Gasteiger partial charge in [0.15, 0.2) is 0 Å². The number of aryl methyl sites for hydroxylation is 1. The molecule has 1 aromatic heterocycles. The van der Waals surface area contributed by atoms with E-state index in [0.717, 1.165) is 5.69 Å². The Kier molecular flexibility index (Phi) is 3.92. The minimum atomic E-state index is -3.84. The van der Waals surface area contributed by atoms with Crippen molar-refractivity contribution in [2.75, 3.05) is 5.73 Å². The molecule has 4 N–H and O–H groups in total. The van der Waals surface area contributed by atoms with Gasteiger partial charge in [-0.3, -0.25) is 0 Å². The predicted molar refractivity (Wildman–Crippen MR) is 66.5 cm³/mol. The number of sulfonamides is 1. The van der Waals surface area contributed by atoms with E-state index in [4.69, 9.17) is 10.9 Å². The van der Waals surface area contributed by atoms with Crippen LogP contribution in [0.4, 0.5) is 5.82 Å². The van der Waals surface area contributed by atoms with Gasteiger partial charge >= 0.3 is 0 Å². The molecule has 16 heavy (non-hydrogen) atoms. The van der Waals surface area contributed by atoms with Gasteiger partial charge in [0, 0.05) is 4.47 Å². The summed E-state index contributed by atoms with van der Waals surface area (Å²) in [7, 11) is -3.84. The van der Waals surface area contributed by atoms with Crippen LogP contribution in [0, 0.1) is 0 Å². The van der Waals surface area contributed by atoms with E-state index in [2.05, 4.69) is 20.9 Å². The number of primary sulfonamides is 1. The first-order valence-electron chi connectivity index (χ1n) is 4.82. The molecule has 90 valence electrons. The molecule has 0 spiro atoms. The van der Waals surface area contributed by atoms with Gasteiger partial charge in [0.25, 0.3) is 0 Å². The van der Waals surface area contributed by atoms with Gasteiger partial charge in [-0.25, -0.2) is 18.5 Å². The van der Waals surface area contributed by atoms with Crippen molar-refractivity contribution in [2.45, 2.75) is 31.6 Å². The van der Waals surface area contributed by atoms with Crippen LogP contribution in [0.5, 0.6) is 0 Å². The molecule has 7 heteroatoms. The molecular formula is C9H14BrN3O2S. The third-order valence-electron chi connectivity index (χ3n) is 2.25. The van der Waals surface area contributed by atoms with E-state index in [1.165, 1.54) is 0 Å². The maximum atomic E-state index is 11.4. The normalized spacial score (nSPS) is 11.8. The summed E-state index contributed by atoms with van der Waals surface area (Å²) >= 11 is 3.34. The lowest BCUT2D eigenvalue weighted by Gasteiger charge is -2.13. The number of anilines is 1. The minimum absolute atomic E-state index is 0.0283. The molecule has 0 radical (unpaired) electrons. The average molecular weight is 308 g/mol. The molecule has 0 saturated carbocycles. The zero-order valence-electron chi connectivity index (χ0n) is 9.12. The summed E-state index contributed by atoms with van der Waals surface area (Å²) in [5.41, 5.74) is 6.96. The third kappa shape index (κ3) is 2.36. The number of rotatable bonds is 3. The quantitative estimate of drug-likeness (QED) is 0.876. The second-order valence-electron chi connectivity index (χ2n) is 3.32. The predicted octanol–water partition coefficient (Wildman–Crippen LogP) is 1.20. The number of hydrogen-bond donors (Lipinski definition) is 2. The summed E-state index contributed by atoms with van der Waals surface area (Å²) in [5, 5.41) is 5.13. The first kappa shape index (κ1) is 13.4. The van der Waals surface area contributed by atoms with Crippen LogP contribution in [0.15, 0.2) is 9.37 Å². The molecule has 0 fully saturated rings. The third-order valence-corrected chi connectivity index (χ3v) is 4.21. The lowest BCUT2D eigenvalue weighted by atomic mass is 10.1. The average Bonchev–Trinajstić information content (AvgIpc) is 2.18. The van der Waals surface area contributed by atoms with Crippen LogP contribution in [0.3, 0.4) is 0 Å². The summed E-state index contributed by atoms with van der Waals surface area (Å²) < 4.78 is 23.5. The van der Waals surface area contributed by atoms with Gasteiger partial charge < -0.3 is 5.73 Å². The van der Waals surface area contributed by atoms with Gasteiger partial charge in [-0.05, 0) is 34.3 Å². The van der Waals surface area contributed by atoms with E-state index >= 15 is 0 Å². The summed E-state index contributed by atoms with van der Waals surface area (Å²) in [6.45, 7) is 3.76. The number of nitrogens with two attached hydrogens (primary N) is 2. The highest BCUT2D eigenvalue weighted by atomic mass is 79.9. The molecule has 0 atom stereocenters. The van der Waals surface area contributed by atoms with Gasteiger partial charge in [0.05, 0.1) is 5.69 Å². The number of aromatic nitrogens is 1. The highest BCUT2D eigenvalue weighted by Crippen LogP contribution is 2.30. The molecule has 1 heterocycles. The fraction of sp³-hybridized carbons (Fsp3) is 0.444. The maximum absolute atomic E-state index is 11.4. The first-order valence-corrected chi connectivity index (χ1v) is 7.16. The van der Waals surface area contributed by atoms with Gasteiger partial charge in [-0.1, -0.05) is 13.8 Å². The van der Waals surface area contributed by atoms with Crippen molar-refractivity contribution in [3.05, 3.63) is 15.7 Å². The van der Waals surface area contributed by atoms with E-state index in [1.807, 2.05) is 13.8 Å². The molecule has 0 bridgehead atoms. The standard InChI is InChI=1S/C9H14BrN3O2S/c1-3-5-7(10)6(4-2)13-9(11)8(5)16(12,14)15/h3-4H2,1-2H3,(H2,11,13)(H2,12,14,15). The summed E-state index contributed by atoms with van der Waals surface area (Å²) in [6.07, 6.45) is 1.19. The number of hydrogen-bond acceptors (Lipinski definition) is 4. The summed E-state index contributed by atoms with van der Waals surface area (Å²) in [4.78, 5) is 3.97. The van der Waals surface area contributed by atoms with E-state index in [0.29, 0.717) is 22.9 Å². The maximum Gasteiger partial charge on any atom is 0.242 e. The minimum Gasteiger partial charge on any atom is -0.383 e. The molecular weight excluding hydrogens is 294 g/mol. The zero-order chi connectivity index (χ0) is 12.5.